The Labute approximate surface area is 152 Å². The van der Waals surface area contributed by atoms with Crippen molar-refractivity contribution in [2.24, 2.45) is 0 Å². The minimum absolute atomic E-state index is 0.295. The van der Waals surface area contributed by atoms with E-state index in [1.54, 1.807) is 0 Å². The Morgan fingerprint density at radius 3 is 2.54 bits per heavy atom. The molecule has 4 rings (SSSR count). The zero-order valence-corrected chi connectivity index (χ0v) is 14.9. The summed E-state index contributed by atoms with van der Waals surface area (Å²) < 4.78 is 2.32. The van der Waals surface area contributed by atoms with Crippen molar-refractivity contribution in [3.05, 3.63) is 67.2 Å². The van der Waals surface area contributed by atoms with Gasteiger partial charge in [-0.3, -0.25) is 13.9 Å². The first kappa shape index (κ1) is 16.8. The third-order valence-corrected chi connectivity index (χ3v) is 6.10. The molecule has 0 saturated heterocycles. The highest BCUT2D eigenvalue weighted by atomic mass is 32.1. The minimum Gasteiger partial charge on any atom is -0.548 e. The van der Waals surface area contributed by atoms with Gasteiger partial charge in [0.25, 0.3) is 5.56 Å². The van der Waals surface area contributed by atoms with Gasteiger partial charge in [0.05, 0.1) is 24.4 Å². The Kier molecular flexibility index (Phi) is 4.24. The van der Waals surface area contributed by atoms with E-state index < -0.39 is 23.8 Å². The van der Waals surface area contributed by atoms with E-state index in [1.807, 2.05) is 30.3 Å². The molecule has 0 bridgehead atoms. The molecule has 0 amide bonds. The van der Waals surface area contributed by atoms with Crippen molar-refractivity contribution in [3.8, 4) is 0 Å². The number of aliphatic carboxylic acids is 1. The highest BCUT2D eigenvalue weighted by Gasteiger charge is 2.23. The standard InChI is InChI=1S/C19H18N2O4S/c22-15(23)11-20-17(24)16-13-8-4-5-9-14(13)26-18(16)21(19(20)25)10-12-6-2-1-3-7-12/h1-3,6-7H,4-5,8-11H2,(H,22,23)/p-1. The molecule has 2 aromatic heterocycles. The summed E-state index contributed by atoms with van der Waals surface area (Å²) in [6.45, 7) is -0.435. The van der Waals surface area contributed by atoms with Crippen LogP contribution in [0.5, 0.6) is 0 Å². The van der Waals surface area contributed by atoms with E-state index >= 15 is 0 Å². The van der Waals surface area contributed by atoms with Crippen molar-refractivity contribution in [3.63, 3.8) is 0 Å². The molecule has 0 spiro atoms. The molecule has 0 unspecified atom stereocenters. The van der Waals surface area contributed by atoms with Crippen LogP contribution in [-0.4, -0.2) is 15.1 Å². The molecule has 7 heteroatoms. The van der Waals surface area contributed by atoms with Crippen LogP contribution < -0.4 is 16.4 Å². The Balaban J connectivity index is 2.02. The Hall–Kier alpha value is -2.67. The molecule has 0 saturated carbocycles. The molecule has 1 aliphatic carbocycles. The molecule has 26 heavy (non-hydrogen) atoms. The van der Waals surface area contributed by atoms with Gasteiger partial charge in [-0.05, 0) is 36.8 Å². The maximum absolute atomic E-state index is 12.9. The number of fused-ring (bicyclic) bond motifs is 3. The van der Waals surface area contributed by atoms with Gasteiger partial charge in [0, 0.05) is 4.88 Å². The van der Waals surface area contributed by atoms with E-state index in [0.717, 1.165) is 46.3 Å². The summed E-state index contributed by atoms with van der Waals surface area (Å²) in [6, 6.07) is 9.46. The molecule has 1 aliphatic rings. The van der Waals surface area contributed by atoms with Gasteiger partial charge in [-0.25, -0.2) is 4.79 Å². The number of aryl methyl sites for hydroxylation is 2. The SMILES string of the molecule is O=C([O-])Cn1c(=O)c2c3c(sc2n(Cc2ccccc2)c1=O)CCCC3. The average Bonchev–Trinajstić information content (AvgIpc) is 3.02. The molecule has 3 aromatic rings. The molecule has 134 valence electrons. The average molecular weight is 369 g/mol. The van der Waals surface area contributed by atoms with Gasteiger partial charge in [0.2, 0.25) is 0 Å². The van der Waals surface area contributed by atoms with E-state index in [-0.39, 0.29) is 0 Å². The molecule has 0 N–H and O–H groups in total. The van der Waals surface area contributed by atoms with E-state index in [0.29, 0.717) is 16.8 Å². The topological polar surface area (TPSA) is 84.1 Å². The Morgan fingerprint density at radius 2 is 1.81 bits per heavy atom. The third-order valence-electron chi connectivity index (χ3n) is 4.79. The fourth-order valence-corrected chi connectivity index (χ4v) is 4.96. The summed E-state index contributed by atoms with van der Waals surface area (Å²) >= 11 is 1.49. The molecule has 0 fully saturated rings. The Bertz CT molecular complexity index is 1110. The second kappa shape index (κ2) is 6.57. The molecule has 6 nitrogen and oxygen atoms in total. The highest BCUT2D eigenvalue weighted by Crippen LogP contribution is 2.34. The van der Waals surface area contributed by atoms with Crippen LogP contribution in [0.4, 0.5) is 0 Å². The monoisotopic (exact) mass is 369 g/mol. The molecule has 1 aromatic carbocycles. The van der Waals surface area contributed by atoms with E-state index in [2.05, 4.69) is 0 Å². The molecule has 0 radical (unpaired) electrons. The van der Waals surface area contributed by atoms with Gasteiger partial charge in [-0.15, -0.1) is 11.3 Å². The van der Waals surface area contributed by atoms with Gasteiger partial charge >= 0.3 is 5.69 Å². The van der Waals surface area contributed by atoms with Crippen LogP contribution in [0.25, 0.3) is 10.2 Å². The number of nitrogens with zero attached hydrogens (tertiary/aromatic N) is 2. The van der Waals surface area contributed by atoms with Crippen molar-refractivity contribution < 1.29 is 9.90 Å². The summed E-state index contributed by atoms with van der Waals surface area (Å²) in [4.78, 5) is 38.7. The quantitative estimate of drug-likeness (QED) is 0.684. The minimum atomic E-state index is -1.45. The third kappa shape index (κ3) is 2.78. The second-order valence-electron chi connectivity index (χ2n) is 6.51. The summed E-state index contributed by atoms with van der Waals surface area (Å²) in [5.74, 6) is -1.45. The van der Waals surface area contributed by atoms with Crippen LogP contribution in [0.2, 0.25) is 0 Å². The highest BCUT2D eigenvalue weighted by molar-refractivity contribution is 7.18. The van der Waals surface area contributed by atoms with Gasteiger partial charge < -0.3 is 9.90 Å². The number of thiophene rings is 1. The van der Waals surface area contributed by atoms with Crippen LogP contribution >= 0.6 is 11.3 Å². The number of carbonyl (C=O) groups excluding carboxylic acids is 1. The lowest BCUT2D eigenvalue weighted by Crippen LogP contribution is -2.44. The Morgan fingerprint density at radius 1 is 1.08 bits per heavy atom. The first-order chi connectivity index (χ1) is 12.6. The van der Waals surface area contributed by atoms with Gasteiger partial charge in [0.15, 0.2) is 0 Å². The normalized spacial score (nSPS) is 13.7. The predicted molar refractivity (Wildman–Crippen MR) is 97.5 cm³/mol. The lowest BCUT2D eigenvalue weighted by atomic mass is 9.97. The van der Waals surface area contributed by atoms with Crippen molar-refractivity contribution in [1.82, 2.24) is 9.13 Å². The summed E-state index contributed by atoms with van der Waals surface area (Å²) in [6.07, 6.45) is 3.75. The largest absolute Gasteiger partial charge is 0.548 e. The summed E-state index contributed by atoms with van der Waals surface area (Å²) in [5.41, 5.74) is 0.781. The number of carboxylic acids is 1. The van der Waals surface area contributed by atoms with Crippen molar-refractivity contribution >= 4 is 27.5 Å². The van der Waals surface area contributed by atoms with Crippen LogP contribution in [0, 0.1) is 0 Å². The molecular weight excluding hydrogens is 352 g/mol. The molecule has 0 atom stereocenters. The number of hydrogen-bond acceptors (Lipinski definition) is 5. The van der Waals surface area contributed by atoms with Crippen LogP contribution in [0.3, 0.4) is 0 Å². The van der Waals surface area contributed by atoms with Crippen molar-refractivity contribution in [1.29, 1.82) is 0 Å². The first-order valence-corrected chi connectivity index (χ1v) is 9.39. The lowest BCUT2D eigenvalue weighted by Gasteiger charge is -2.13. The number of hydrogen-bond donors (Lipinski definition) is 0. The summed E-state index contributed by atoms with van der Waals surface area (Å²) in [7, 11) is 0. The maximum Gasteiger partial charge on any atom is 0.332 e. The first-order valence-electron chi connectivity index (χ1n) is 8.58. The fraction of sp³-hybridized carbons (Fsp3) is 0.316. The second-order valence-corrected chi connectivity index (χ2v) is 7.59. The number of aromatic nitrogens is 2. The molecular formula is C19H17N2O4S-. The van der Waals surface area contributed by atoms with E-state index in [9.17, 15) is 19.5 Å². The molecule has 2 heterocycles. The predicted octanol–water partition coefficient (Wildman–Crippen LogP) is 0.902. The van der Waals surface area contributed by atoms with Gasteiger partial charge in [-0.1, -0.05) is 30.3 Å². The molecule has 0 aliphatic heterocycles. The number of carbonyl (C=O) groups is 1. The van der Waals surface area contributed by atoms with Crippen LogP contribution in [-0.2, 0) is 30.7 Å². The number of carboxylic acid groups (broad SMARTS) is 1. The lowest BCUT2D eigenvalue weighted by molar-refractivity contribution is -0.306. The van der Waals surface area contributed by atoms with Gasteiger partial charge in [-0.2, -0.15) is 0 Å². The van der Waals surface area contributed by atoms with Crippen molar-refractivity contribution in [2.45, 2.75) is 38.8 Å². The maximum atomic E-state index is 12.9. The zero-order valence-electron chi connectivity index (χ0n) is 14.1. The van der Waals surface area contributed by atoms with Crippen LogP contribution in [0.1, 0.15) is 28.8 Å². The smallest absolute Gasteiger partial charge is 0.332 e. The van der Waals surface area contributed by atoms with Crippen molar-refractivity contribution in [2.75, 3.05) is 0 Å². The summed E-state index contributed by atoms with van der Waals surface area (Å²) in [5, 5.41) is 11.6. The van der Waals surface area contributed by atoms with Gasteiger partial charge in [0.1, 0.15) is 4.83 Å². The van der Waals surface area contributed by atoms with E-state index in [1.165, 1.54) is 15.9 Å². The van der Waals surface area contributed by atoms with Crippen LogP contribution in [0.15, 0.2) is 39.9 Å². The van der Waals surface area contributed by atoms with E-state index in [4.69, 9.17) is 0 Å². The number of benzene rings is 1. The number of rotatable bonds is 4. The fourth-order valence-electron chi connectivity index (χ4n) is 3.59. The zero-order chi connectivity index (χ0) is 18.3.